The lowest BCUT2D eigenvalue weighted by Crippen LogP contribution is -2.38. The molecule has 0 spiro atoms. The summed E-state index contributed by atoms with van der Waals surface area (Å²) in [6, 6.07) is 0. The van der Waals surface area contributed by atoms with Crippen molar-refractivity contribution in [2.45, 2.75) is 71.1 Å². The molecule has 1 heterocycles. The SMILES string of the molecule is CCCCCCCCC(=O)N1CCC(CC(=O)O)CC1. The van der Waals surface area contributed by atoms with E-state index in [1.54, 1.807) is 0 Å². The minimum atomic E-state index is -0.721. The maximum Gasteiger partial charge on any atom is 0.303 e. The van der Waals surface area contributed by atoms with E-state index < -0.39 is 5.97 Å². The van der Waals surface area contributed by atoms with Crippen LogP contribution in [0.4, 0.5) is 0 Å². The van der Waals surface area contributed by atoms with Gasteiger partial charge in [-0.25, -0.2) is 0 Å². The summed E-state index contributed by atoms with van der Waals surface area (Å²) in [5.74, 6) is -0.207. The molecule has 20 heavy (non-hydrogen) atoms. The Morgan fingerprint density at radius 2 is 1.65 bits per heavy atom. The predicted octanol–water partition coefficient (Wildman–Crippen LogP) is 3.45. The average Bonchev–Trinajstić information content (AvgIpc) is 2.42. The van der Waals surface area contributed by atoms with E-state index in [0.29, 0.717) is 6.42 Å². The van der Waals surface area contributed by atoms with E-state index in [0.717, 1.165) is 38.8 Å². The highest BCUT2D eigenvalue weighted by atomic mass is 16.4. The second kappa shape index (κ2) is 9.78. The van der Waals surface area contributed by atoms with Crippen molar-refractivity contribution < 1.29 is 14.7 Å². The third-order valence-corrected chi connectivity index (χ3v) is 4.17. The van der Waals surface area contributed by atoms with E-state index in [-0.39, 0.29) is 18.2 Å². The summed E-state index contributed by atoms with van der Waals surface area (Å²) in [6.45, 7) is 3.69. The fourth-order valence-corrected chi connectivity index (χ4v) is 2.85. The number of carboxylic acids is 1. The van der Waals surface area contributed by atoms with E-state index in [9.17, 15) is 9.59 Å². The molecule has 0 aliphatic carbocycles. The number of hydrogen-bond donors (Lipinski definition) is 1. The summed E-state index contributed by atoms with van der Waals surface area (Å²) in [5, 5.41) is 8.77. The van der Waals surface area contributed by atoms with E-state index in [1.165, 1.54) is 25.7 Å². The van der Waals surface area contributed by atoms with Gasteiger partial charge >= 0.3 is 5.97 Å². The Morgan fingerprint density at radius 3 is 2.25 bits per heavy atom. The van der Waals surface area contributed by atoms with Crippen molar-refractivity contribution in [3.05, 3.63) is 0 Å². The molecule has 0 radical (unpaired) electrons. The lowest BCUT2D eigenvalue weighted by atomic mass is 9.93. The Bertz CT molecular complexity index is 296. The molecule has 0 bridgehead atoms. The van der Waals surface area contributed by atoms with Crippen molar-refractivity contribution in [1.82, 2.24) is 4.90 Å². The van der Waals surface area contributed by atoms with E-state index in [4.69, 9.17) is 5.11 Å². The maximum atomic E-state index is 12.0. The summed E-state index contributed by atoms with van der Waals surface area (Å²) in [5.41, 5.74) is 0. The van der Waals surface area contributed by atoms with Gasteiger partial charge in [0.15, 0.2) is 0 Å². The van der Waals surface area contributed by atoms with Gasteiger partial charge in [-0.1, -0.05) is 39.0 Å². The van der Waals surface area contributed by atoms with Crippen LogP contribution in [-0.2, 0) is 9.59 Å². The first kappa shape index (κ1) is 17.0. The van der Waals surface area contributed by atoms with Crippen LogP contribution in [0.25, 0.3) is 0 Å². The normalized spacial score (nSPS) is 16.4. The summed E-state index contributed by atoms with van der Waals surface area (Å²) in [4.78, 5) is 24.6. The van der Waals surface area contributed by atoms with Crippen LogP contribution in [0.2, 0.25) is 0 Å². The molecule has 0 atom stereocenters. The topological polar surface area (TPSA) is 57.6 Å². The molecule has 1 aliphatic rings. The number of carbonyl (C=O) groups is 2. The number of aliphatic carboxylic acids is 1. The predicted molar refractivity (Wildman–Crippen MR) is 79.5 cm³/mol. The van der Waals surface area contributed by atoms with Crippen LogP contribution in [0.3, 0.4) is 0 Å². The molecule has 4 heteroatoms. The van der Waals surface area contributed by atoms with Crippen molar-refractivity contribution >= 4 is 11.9 Å². The Kier molecular flexibility index (Phi) is 8.31. The largest absolute Gasteiger partial charge is 0.481 e. The van der Waals surface area contributed by atoms with Gasteiger partial charge in [-0.2, -0.15) is 0 Å². The molecular weight excluding hydrogens is 254 g/mol. The van der Waals surface area contributed by atoms with Crippen molar-refractivity contribution in [3.8, 4) is 0 Å². The number of hydrogen-bond acceptors (Lipinski definition) is 2. The number of likely N-dealkylation sites (tertiary alicyclic amines) is 1. The van der Waals surface area contributed by atoms with Gasteiger partial charge in [0.2, 0.25) is 5.91 Å². The minimum Gasteiger partial charge on any atom is -0.481 e. The highest BCUT2D eigenvalue weighted by Crippen LogP contribution is 2.21. The molecule has 1 rings (SSSR count). The third kappa shape index (κ3) is 6.92. The van der Waals surface area contributed by atoms with Crippen molar-refractivity contribution in [2.75, 3.05) is 13.1 Å². The van der Waals surface area contributed by atoms with Crippen molar-refractivity contribution in [2.24, 2.45) is 5.92 Å². The number of amides is 1. The Labute approximate surface area is 122 Å². The molecule has 0 aromatic rings. The fourth-order valence-electron chi connectivity index (χ4n) is 2.85. The Hall–Kier alpha value is -1.06. The van der Waals surface area contributed by atoms with Gasteiger partial charge in [0.05, 0.1) is 0 Å². The first-order chi connectivity index (χ1) is 9.63. The molecule has 1 saturated heterocycles. The zero-order chi connectivity index (χ0) is 14.8. The third-order valence-electron chi connectivity index (χ3n) is 4.17. The molecule has 0 aromatic heterocycles. The van der Waals surface area contributed by atoms with E-state index >= 15 is 0 Å². The number of carbonyl (C=O) groups excluding carboxylic acids is 1. The molecule has 0 saturated carbocycles. The van der Waals surface area contributed by atoms with E-state index in [1.807, 2.05) is 4.90 Å². The Morgan fingerprint density at radius 1 is 1.05 bits per heavy atom. The molecule has 1 N–H and O–H groups in total. The zero-order valence-corrected chi connectivity index (χ0v) is 12.8. The van der Waals surface area contributed by atoms with Crippen LogP contribution in [0.5, 0.6) is 0 Å². The van der Waals surface area contributed by atoms with Crippen LogP contribution >= 0.6 is 0 Å². The second-order valence-corrected chi connectivity index (χ2v) is 5.94. The quantitative estimate of drug-likeness (QED) is 0.659. The van der Waals surface area contributed by atoms with Gasteiger partial charge in [-0.05, 0) is 25.2 Å². The maximum absolute atomic E-state index is 12.0. The van der Waals surface area contributed by atoms with Gasteiger partial charge < -0.3 is 10.0 Å². The molecule has 0 unspecified atom stereocenters. The highest BCUT2D eigenvalue weighted by Gasteiger charge is 2.23. The number of carboxylic acid groups (broad SMARTS) is 1. The minimum absolute atomic E-state index is 0.249. The average molecular weight is 283 g/mol. The van der Waals surface area contributed by atoms with E-state index in [2.05, 4.69) is 6.92 Å². The molecule has 1 fully saturated rings. The summed E-state index contributed by atoms with van der Waals surface area (Å²) >= 11 is 0. The monoisotopic (exact) mass is 283 g/mol. The lowest BCUT2D eigenvalue weighted by molar-refractivity contribution is -0.138. The van der Waals surface area contributed by atoms with Crippen LogP contribution < -0.4 is 0 Å². The lowest BCUT2D eigenvalue weighted by Gasteiger charge is -2.31. The summed E-state index contributed by atoms with van der Waals surface area (Å²) < 4.78 is 0. The van der Waals surface area contributed by atoms with Crippen molar-refractivity contribution in [3.63, 3.8) is 0 Å². The molecule has 116 valence electrons. The molecule has 1 aliphatic heterocycles. The van der Waals surface area contributed by atoms with Crippen molar-refractivity contribution in [1.29, 1.82) is 0 Å². The van der Waals surface area contributed by atoms with Crippen LogP contribution in [0.15, 0.2) is 0 Å². The number of unbranched alkanes of at least 4 members (excludes halogenated alkanes) is 5. The first-order valence-electron chi connectivity index (χ1n) is 8.13. The first-order valence-corrected chi connectivity index (χ1v) is 8.13. The number of rotatable bonds is 9. The van der Waals surface area contributed by atoms with Gasteiger partial charge in [0.1, 0.15) is 0 Å². The van der Waals surface area contributed by atoms with Gasteiger partial charge in [0.25, 0.3) is 0 Å². The summed E-state index contributed by atoms with van der Waals surface area (Å²) in [7, 11) is 0. The Balaban J connectivity index is 2.08. The smallest absolute Gasteiger partial charge is 0.303 e. The van der Waals surface area contributed by atoms with Gasteiger partial charge in [-0.3, -0.25) is 9.59 Å². The van der Waals surface area contributed by atoms with Crippen LogP contribution in [0, 0.1) is 5.92 Å². The number of nitrogens with zero attached hydrogens (tertiary/aromatic N) is 1. The second-order valence-electron chi connectivity index (χ2n) is 5.94. The van der Waals surface area contributed by atoms with Gasteiger partial charge in [0, 0.05) is 25.9 Å². The zero-order valence-electron chi connectivity index (χ0n) is 12.8. The highest BCUT2D eigenvalue weighted by molar-refractivity contribution is 5.76. The standard InChI is InChI=1S/C16H29NO3/c1-2-3-4-5-6-7-8-15(18)17-11-9-14(10-12-17)13-16(19)20/h14H,2-13H2,1H3,(H,19,20). The van der Waals surface area contributed by atoms with Crippen LogP contribution in [0.1, 0.15) is 71.1 Å². The van der Waals surface area contributed by atoms with Gasteiger partial charge in [-0.15, -0.1) is 0 Å². The van der Waals surface area contributed by atoms with Crippen LogP contribution in [-0.4, -0.2) is 35.0 Å². The summed E-state index contributed by atoms with van der Waals surface area (Å²) in [6.07, 6.45) is 9.82. The fraction of sp³-hybridized carbons (Fsp3) is 0.875. The number of piperidine rings is 1. The molecule has 0 aromatic carbocycles. The molecule has 1 amide bonds. The molecule has 4 nitrogen and oxygen atoms in total. The molecular formula is C16H29NO3.